The van der Waals surface area contributed by atoms with Crippen LogP contribution in [0.4, 0.5) is 13.2 Å². The number of carbonyl (C=O) groups is 4. The molecule has 2 amide bonds. The van der Waals surface area contributed by atoms with Crippen molar-refractivity contribution in [1.29, 1.82) is 0 Å². The Morgan fingerprint density at radius 3 is 2.61 bits per heavy atom. The van der Waals surface area contributed by atoms with Crippen molar-refractivity contribution < 1.29 is 32.3 Å². The van der Waals surface area contributed by atoms with Gasteiger partial charge in [-0.25, -0.2) is 14.5 Å². The molecule has 0 radical (unpaired) electrons. The predicted molar refractivity (Wildman–Crippen MR) is 199 cm³/mol. The van der Waals surface area contributed by atoms with Gasteiger partial charge in [0, 0.05) is 60.3 Å². The molecule has 6 heterocycles. The van der Waals surface area contributed by atoms with Crippen LogP contribution in [0.25, 0.3) is 27.7 Å². The van der Waals surface area contributed by atoms with Gasteiger partial charge in [-0.15, -0.1) is 0 Å². The number of hydrogen-bond acceptors (Lipinski definition) is 8. The molecule has 4 aromatic heterocycles. The predicted octanol–water partition coefficient (Wildman–Crippen LogP) is 5.80. The highest BCUT2D eigenvalue weighted by Crippen LogP contribution is 2.59. The van der Waals surface area contributed by atoms with E-state index in [4.69, 9.17) is 5.10 Å². The molecule has 0 unspecified atom stereocenters. The number of rotatable bonds is 5. The Morgan fingerprint density at radius 2 is 1.84 bits per heavy atom. The number of allylic oxidation sites excluding steroid dienone is 2. The van der Waals surface area contributed by atoms with Gasteiger partial charge in [-0.3, -0.25) is 23.9 Å². The Labute approximate surface area is 320 Å². The molecule has 1 aliphatic carbocycles. The van der Waals surface area contributed by atoms with E-state index in [1.165, 1.54) is 17.7 Å². The molecule has 3 aliphatic rings. The summed E-state index contributed by atoms with van der Waals surface area (Å²) in [5.41, 5.74) is 3.41. The van der Waals surface area contributed by atoms with Crippen LogP contribution in [-0.4, -0.2) is 76.3 Å². The monoisotopic (exact) mass is 766 g/mol. The molecule has 1 saturated heterocycles. The number of ketones is 2. The van der Waals surface area contributed by atoms with Crippen LogP contribution in [0.2, 0.25) is 0 Å². The molecule has 8 rings (SSSR count). The van der Waals surface area contributed by atoms with Gasteiger partial charge in [0.25, 0.3) is 0 Å². The Bertz CT molecular complexity index is 2490. The molecule has 0 spiro atoms. The number of piperidine rings is 1. The van der Waals surface area contributed by atoms with Gasteiger partial charge in [0.1, 0.15) is 17.9 Å². The lowest BCUT2D eigenvalue weighted by molar-refractivity contribution is -0.141. The SMILES string of the molecule is CC(=O)c1nn2c3c(cc(-c4cnc5cc(C)nn5c4)cc13)C/C=C/CC[C@@H](C)C(=O)NC[C@@]13C[C@@H](C(=O)Cc4nc(C(F)(F)F)ccc4C)N(C(=O)C2)[C@@H]1C3. The summed E-state index contributed by atoms with van der Waals surface area (Å²) in [5, 5.41) is 12.8. The third-order valence-corrected chi connectivity index (χ3v) is 11.6. The minimum atomic E-state index is -4.69. The third kappa shape index (κ3) is 6.76. The number of nitrogens with zero attached hydrogens (tertiary/aromatic N) is 7. The Kier molecular flexibility index (Phi) is 9.16. The molecule has 56 heavy (non-hydrogen) atoms. The number of amides is 2. The first-order chi connectivity index (χ1) is 26.6. The van der Waals surface area contributed by atoms with Crippen LogP contribution in [0.1, 0.15) is 78.2 Å². The van der Waals surface area contributed by atoms with Gasteiger partial charge in [0.05, 0.1) is 29.4 Å². The lowest BCUT2D eigenvalue weighted by atomic mass is 9.94. The number of carbonyl (C=O) groups excluding carboxylic acids is 4. The first-order valence-electron chi connectivity index (χ1n) is 18.8. The molecule has 2 fully saturated rings. The highest BCUT2D eigenvalue weighted by Gasteiger charge is 2.66. The second-order valence-corrected chi connectivity index (χ2v) is 15.6. The smallest absolute Gasteiger partial charge is 0.355 e. The third-order valence-electron chi connectivity index (χ3n) is 11.6. The second-order valence-electron chi connectivity index (χ2n) is 15.6. The van der Waals surface area contributed by atoms with E-state index in [-0.39, 0.29) is 54.5 Å². The van der Waals surface area contributed by atoms with Crippen LogP contribution in [0.15, 0.2) is 54.9 Å². The number of aryl methyl sites for hydroxylation is 2. The van der Waals surface area contributed by atoms with E-state index in [9.17, 15) is 32.3 Å². The van der Waals surface area contributed by atoms with Gasteiger partial charge in [0.2, 0.25) is 11.8 Å². The Hall–Kier alpha value is -5.73. The minimum Gasteiger partial charge on any atom is -0.355 e. The zero-order valence-electron chi connectivity index (χ0n) is 31.5. The highest BCUT2D eigenvalue weighted by molar-refractivity contribution is 6.07. The number of fused-ring (bicyclic) bond motifs is 1. The fourth-order valence-corrected chi connectivity index (χ4v) is 8.41. The van der Waals surface area contributed by atoms with E-state index in [2.05, 4.69) is 20.4 Å². The molecule has 1 saturated carbocycles. The standard InChI is InChI=1S/C41H41F3N8O4/c1-22-10-11-33(41(42,43)44)47-30(22)15-32(54)31-16-40-17-34(40)52(31)36(55)20-51-38-26(9-7-5-6-8-23(2)39(56)46-21-40)13-27(14-29(38)37(49-51)25(4)53)28-18-45-35-12-24(3)48-50(35)19-28/h5,7,10-14,18-19,23,31,34H,6,8-9,15-17,20-21H2,1-4H3,(H,46,56)/b7-5+/t23-,31+,34-,40+/m1/s1. The highest BCUT2D eigenvalue weighted by atomic mass is 19.4. The van der Waals surface area contributed by atoms with Crippen LogP contribution in [0.5, 0.6) is 0 Å². The molecule has 4 atom stereocenters. The van der Waals surface area contributed by atoms with Gasteiger partial charge >= 0.3 is 6.18 Å². The molecule has 1 aromatic carbocycles. The van der Waals surface area contributed by atoms with Crippen molar-refractivity contribution >= 4 is 39.9 Å². The van der Waals surface area contributed by atoms with Crippen LogP contribution < -0.4 is 5.32 Å². The number of hydrogen-bond donors (Lipinski definition) is 1. The maximum atomic E-state index is 14.6. The molecule has 12 nitrogen and oxygen atoms in total. The van der Waals surface area contributed by atoms with E-state index in [1.54, 1.807) is 22.5 Å². The minimum absolute atomic E-state index is 0.00172. The molecule has 2 bridgehead atoms. The van der Waals surface area contributed by atoms with Crippen molar-refractivity contribution in [2.75, 3.05) is 6.54 Å². The summed E-state index contributed by atoms with van der Waals surface area (Å²) in [7, 11) is 0. The van der Waals surface area contributed by atoms with Crippen LogP contribution in [0.3, 0.4) is 0 Å². The maximum absolute atomic E-state index is 14.6. The van der Waals surface area contributed by atoms with Gasteiger partial charge in [0.15, 0.2) is 17.2 Å². The normalized spacial score (nSPS) is 23.6. The number of halogens is 3. The number of alkyl halides is 3. The molecule has 5 aromatic rings. The van der Waals surface area contributed by atoms with Crippen molar-refractivity contribution in [3.05, 3.63) is 88.8 Å². The average Bonchev–Trinajstić information content (AvgIpc) is 3.38. The summed E-state index contributed by atoms with van der Waals surface area (Å²) in [6, 6.07) is 6.57. The lowest BCUT2D eigenvalue weighted by Gasteiger charge is -2.27. The molecular weight excluding hydrogens is 725 g/mol. The summed E-state index contributed by atoms with van der Waals surface area (Å²) in [6.07, 6.45) is 5.05. The zero-order valence-corrected chi connectivity index (χ0v) is 31.5. The van der Waals surface area contributed by atoms with Gasteiger partial charge < -0.3 is 10.2 Å². The van der Waals surface area contributed by atoms with E-state index < -0.39 is 41.4 Å². The summed E-state index contributed by atoms with van der Waals surface area (Å²) in [5.74, 6) is -1.56. The van der Waals surface area contributed by atoms with Gasteiger partial charge in [-0.2, -0.15) is 23.4 Å². The number of pyridine rings is 1. The van der Waals surface area contributed by atoms with Crippen molar-refractivity contribution in [2.24, 2.45) is 11.3 Å². The van der Waals surface area contributed by atoms with E-state index in [0.717, 1.165) is 28.5 Å². The maximum Gasteiger partial charge on any atom is 0.433 e. The quantitative estimate of drug-likeness (QED) is 0.175. The second kappa shape index (κ2) is 13.8. The zero-order chi connectivity index (χ0) is 39.7. The molecule has 2 aliphatic heterocycles. The molecule has 1 N–H and O–H groups in total. The number of aromatic nitrogens is 6. The summed E-state index contributed by atoms with van der Waals surface area (Å²) >= 11 is 0. The summed E-state index contributed by atoms with van der Waals surface area (Å²) in [4.78, 5) is 65.0. The first-order valence-corrected chi connectivity index (χ1v) is 18.8. The summed E-state index contributed by atoms with van der Waals surface area (Å²) in [6.45, 7) is 6.73. The average molecular weight is 767 g/mol. The Balaban J connectivity index is 1.20. The molecule has 290 valence electrons. The number of benzene rings is 1. The van der Waals surface area contributed by atoms with Crippen molar-refractivity contribution in [1.82, 2.24) is 39.6 Å². The van der Waals surface area contributed by atoms with Crippen LogP contribution >= 0.6 is 0 Å². The Morgan fingerprint density at radius 1 is 1.04 bits per heavy atom. The van der Waals surface area contributed by atoms with E-state index in [1.807, 2.05) is 50.4 Å². The molecular formula is C41H41F3N8O4. The van der Waals surface area contributed by atoms with Crippen molar-refractivity contribution in [3.8, 4) is 11.1 Å². The van der Waals surface area contributed by atoms with Crippen LogP contribution in [-0.2, 0) is 39.9 Å². The fraction of sp³-hybridized carbons (Fsp3) is 0.415. The fourth-order valence-electron chi connectivity index (χ4n) is 8.41. The number of Topliss-reactive ketones (excluding diaryl/α,β-unsaturated/α-hetero) is 2. The number of nitrogens with one attached hydrogen (secondary N) is 1. The topological polar surface area (TPSA) is 144 Å². The van der Waals surface area contributed by atoms with Crippen LogP contribution in [0, 0.1) is 25.2 Å². The van der Waals surface area contributed by atoms with Crippen molar-refractivity contribution in [3.63, 3.8) is 0 Å². The van der Waals surface area contributed by atoms with Gasteiger partial charge in [-0.05, 0) is 80.8 Å². The van der Waals surface area contributed by atoms with Gasteiger partial charge in [-0.1, -0.05) is 25.1 Å². The van der Waals surface area contributed by atoms with Crippen molar-refractivity contribution in [2.45, 2.75) is 91.0 Å². The largest absolute Gasteiger partial charge is 0.433 e. The first kappa shape index (κ1) is 37.2. The molecule has 15 heteroatoms. The van der Waals surface area contributed by atoms with E-state index in [0.29, 0.717) is 47.8 Å². The van der Waals surface area contributed by atoms with E-state index >= 15 is 0 Å². The summed E-state index contributed by atoms with van der Waals surface area (Å²) < 4.78 is 44.0. The lowest BCUT2D eigenvalue weighted by Crippen LogP contribution is -2.45.